The molecule has 14 heteroatoms. The molecule has 3 aromatic heterocycles. The largest absolute Gasteiger partial charge is 0.405 e. The summed E-state index contributed by atoms with van der Waals surface area (Å²) in [5, 5.41) is 7.13. The van der Waals surface area contributed by atoms with Crippen molar-refractivity contribution < 1.29 is 21.6 Å². The van der Waals surface area contributed by atoms with Crippen LogP contribution in [0.25, 0.3) is 33.2 Å². The minimum atomic E-state index is -4.43. The van der Waals surface area contributed by atoms with Gasteiger partial charge >= 0.3 is 6.18 Å². The van der Waals surface area contributed by atoms with Gasteiger partial charge in [-0.15, -0.1) is 0 Å². The van der Waals surface area contributed by atoms with Crippen molar-refractivity contribution in [3.8, 4) is 11.3 Å². The number of fused-ring (bicyclic) bond motifs is 2. The molecule has 3 aromatic carbocycles. The standard InChI is InChI=1S/C35H37F3N8O2S/c1-43(2)18-19-44(3)31-15-14-25(20-29(31)39-23-35(36,37)38)40-34-41-32(28-21-45(4)30-13-9-8-12-26(28)30)27-16-17-46(33(27)42-34)49(47,48)22-24-10-6-5-7-11-24/h5-17,20-21,39H,18-19,22-23H2,1-4H3,(H,40,41,42). The molecule has 0 spiro atoms. The van der Waals surface area contributed by atoms with Crippen LogP contribution in [-0.4, -0.2) is 78.8 Å². The van der Waals surface area contributed by atoms with E-state index in [9.17, 15) is 21.6 Å². The van der Waals surface area contributed by atoms with Gasteiger partial charge in [-0.05, 0) is 50.0 Å². The summed E-state index contributed by atoms with van der Waals surface area (Å²) in [4.78, 5) is 13.4. The number of alkyl halides is 3. The predicted molar refractivity (Wildman–Crippen MR) is 190 cm³/mol. The molecule has 0 aliphatic carbocycles. The number of nitrogens with one attached hydrogen (secondary N) is 2. The van der Waals surface area contributed by atoms with Crippen molar-refractivity contribution in [1.29, 1.82) is 0 Å². The molecule has 2 N–H and O–H groups in total. The van der Waals surface area contributed by atoms with Crippen LogP contribution in [0.5, 0.6) is 0 Å². The molecule has 49 heavy (non-hydrogen) atoms. The van der Waals surface area contributed by atoms with Gasteiger partial charge in [0.1, 0.15) is 6.54 Å². The lowest BCUT2D eigenvalue weighted by molar-refractivity contribution is -0.115. The third-order valence-corrected chi connectivity index (χ3v) is 9.77. The number of hydrogen-bond acceptors (Lipinski definition) is 8. The Morgan fingerprint density at radius 2 is 1.61 bits per heavy atom. The second-order valence-electron chi connectivity index (χ2n) is 12.2. The number of rotatable bonds is 12. The fourth-order valence-electron chi connectivity index (χ4n) is 5.75. The minimum absolute atomic E-state index is 0.0841. The summed E-state index contributed by atoms with van der Waals surface area (Å²) < 4.78 is 70.6. The van der Waals surface area contributed by atoms with Crippen LogP contribution in [-0.2, 0) is 22.8 Å². The Morgan fingerprint density at radius 3 is 2.35 bits per heavy atom. The van der Waals surface area contributed by atoms with Gasteiger partial charge in [0.25, 0.3) is 0 Å². The molecule has 256 valence electrons. The summed E-state index contributed by atoms with van der Waals surface area (Å²) in [6.07, 6.45) is -1.02. The molecular weight excluding hydrogens is 654 g/mol. The van der Waals surface area contributed by atoms with Crippen molar-refractivity contribution >= 4 is 55.0 Å². The number of nitrogens with zero attached hydrogens (tertiary/aromatic N) is 6. The number of anilines is 4. The summed E-state index contributed by atoms with van der Waals surface area (Å²) in [5.41, 5.74) is 4.32. The molecule has 6 aromatic rings. The molecular formula is C35H37F3N8O2S. The van der Waals surface area contributed by atoms with E-state index in [1.165, 1.54) is 6.20 Å². The van der Waals surface area contributed by atoms with Crippen molar-refractivity contribution in [2.75, 3.05) is 56.3 Å². The highest BCUT2D eigenvalue weighted by atomic mass is 32.2. The highest BCUT2D eigenvalue weighted by Crippen LogP contribution is 2.36. The van der Waals surface area contributed by atoms with Gasteiger partial charge in [-0.2, -0.15) is 18.2 Å². The van der Waals surface area contributed by atoms with E-state index in [4.69, 9.17) is 4.98 Å². The highest BCUT2D eigenvalue weighted by Gasteiger charge is 2.28. The Hall–Kier alpha value is -5.08. The molecule has 6 rings (SSSR count). The van der Waals surface area contributed by atoms with Crippen molar-refractivity contribution in [2.45, 2.75) is 11.9 Å². The topological polar surface area (TPSA) is 100 Å². The number of benzene rings is 3. The fraction of sp³-hybridized carbons (Fsp3) is 0.257. The van der Waals surface area contributed by atoms with E-state index in [0.717, 1.165) is 20.4 Å². The Kier molecular flexibility index (Phi) is 9.27. The average Bonchev–Trinajstić information content (AvgIpc) is 3.64. The first-order valence-electron chi connectivity index (χ1n) is 15.6. The molecule has 3 heterocycles. The van der Waals surface area contributed by atoms with E-state index in [0.29, 0.717) is 41.1 Å². The minimum Gasteiger partial charge on any atom is -0.375 e. The smallest absolute Gasteiger partial charge is 0.375 e. The average molecular weight is 691 g/mol. The van der Waals surface area contributed by atoms with Crippen molar-refractivity contribution in [2.24, 2.45) is 7.05 Å². The second kappa shape index (κ2) is 13.4. The van der Waals surface area contributed by atoms with Crippen molar-refractivity contribution in [3.63, 3.8) is 0 Å². The molecule has 0 amide bonds. The first-order chi connectivity index (χ1) is 23.3. The highest BCUT2D eigenvalue weighted by molar-refractivity contribution is 7.89. The monoisotopic (exact) mass is 690 g/mol. The van der Waals surface area contributed by atoms with Gasteiger partial charge in [0.2, 0.25) is 16.0 Å². The first-order valence-corrected chi connectivity index (χ1v) is 17.2. The zero-order valence-electron chi connectivity index (χ0n) is 27.5. The number of halogens is 3. The molecule has 0 radical (unpaired) electrons. The molecule has 0 atom stereocenters. The lowest BCUT2D eigenvalue weighted by Gasteiger charge is -2.25. The van der Waals surface area contributed by atoms with E-state index in [1.807, 2.05) is 79.1 Å². The van der Waals surface area contributed by atoms with Gasteiger partial charge in [-0.25, -0.2) is 17.4 Å². The summed E-state index contributed by atoms with van der Waals surface area (Å²) in [5.74, 6) is -0.161. The summed E-state index contributed by atoms with van der Waals surface area (Å²) >= 11 is 0. The zero-order valence-corrected chi connectivity index (χ0v) is 28.3. The number of aryl methyl sites for hydroxylation is 1. The SMILES string of the molecule is CN(C)CCN(C)c1ccc(Nc2nc(-c3cn(C)c4ccccc34)c3ccn(S(=O)(=O)Cc4ccccc4)c3n2)cc1NCC(F)(F)F. The number of aromatic nitrogens is 4. The van der Waals surface area contributed by atoms with E-state index in [1.54, 1.807) is 48.5 Å². The van der Waals surface area contributed by atoms with Crippen LogP contribution in [0.3, 0.4) is 0 Å². The Labute approximate surface area is 282 Å². The van der Waals surface area contributed by atoms with E-state index in [2.05, 4.69) is 15.6 Å². The third-order valence-electron chi connectivity index (χ3n) is 8.18. The zero-order chi connectivity index (χ0) is 34.9. The Bertz CT molecular complexity index is 2210. The van der Waals surface area contributed by atoms with Crippen LogP contribution in [0.4, 0.5) is 36.2 Å². The Balaban J connectivity index is 1.46. The summed E-state index contributed by atoms with van der Waals surface area (Å²) in [7, 11) is 3.69. The van der Waals surface area contributed by atoms with Crippen molar-refractivity contribution in [1.82, 2.24) is 23.4 Å². The van der Waals surface area contributed by atoms with Crippen molar-refractivity contribution in [3.05, 3.63) is 96.8 Å². The molecule has 0 unspecified atom stereocenters. The molecule has 0 aliphatic rings. The number of hydrogen-bond donors (Lipinski definition) is 2. The number of para-hydroxylation sites is 1. The Morgan fingerprint density at radius 1 is 0.878 bits per heavy atom. The van der Waals surface area contributed by atoms with Gasteiger partial charge in [0, 0.05) is 67.1 Å². The molecule has 0 aliphatic heterocycles. The van der Waals surface area contributed by atoms with Gasteiger partial charge in [-0.1, -0.05) is 48.5 Å². The van der Waals surface area contributed by atoms with Crippen LogP contribution >= 0.6 is 0 Å². The van der Waals surface area contributed by atoms with E-state index in [-0.39, 0.29) is 23.0 Å². The maximum Gasteiger partial charge on any atom is 0.405 e. The second-order valence-corrected chi connectivity index (χ2v) is 14.1. The molecule has 10 nitrogen and oxygen atoms in total. The van der Waals surface area contributed by atoms with E-state index >= 15 is 0 Å². The molecule has 0 saturated heterocycles. The van der Waals surface area contributed by atoms with Crippen LogP contribution in [0, 0.1) is 0 Å². The summed E-state index contributed by atoms with van der Waals surface area (Å²) in [6, 6.07) is 23.4. The predicted octanol–water partition coefficient (Wildman–Crippen LogP) is 6.68. The van der Waals surface area contributed by atoms with Crippen LogP contribution in [0.2, 0.25) is 0 Å². The van der Waals surface area contributed by atoms with Gasteiger partial charge < -0.3 is 25.0 Å². The molecule has 0 fully saturated rings. The van der Waals surface area contributed by atoms with Gasteiger partial charge in [0.05, 0.1) is 22.8 Å². The quantitative estimate of drug-likeness (QED) is 0.147. The molecule has 0 bridgehead atoms. The van der Waals surface area contributed by atoms with Crippen LogP contribution in [0.1, 0.15) is 5.56 Å². The lowest BCUT2D eigenvalue weighted by Crippen LogP contribution is -2.29. The van der Waals surface area contributed by atoms with E-state index < -0.39 is 22.7 Å². The lowest BCUT2D eigenvalue weighted by atomic mass is 10.1. The maximum atomic E-state index is 13.8. The fourth-order valence-corrected chi connectivity index (χ4v) is 7.15. The van der Waals surface area contributed by atoms with Gasteiger partial charge in [0.15, 0.2) is 5.65 Å². The van der Waals surface area contributed by atoms with Crippen LogP contribution in [0.15, 0.2) is 91.3 Å². The van der Waals surface area contributed by atoms with Gasteiger partial charge in [-0.3, -0.25) is 0 Å². The third kappa shape index (κ3) is 7.50. The summed E-state index contributed by atoms with van der Waals surface area (Å²) in [6.45, 7) is 0.0708. The van der Waals surface area contributed by atoms with Crippen LogP contribution < -0.4 is 15.5 Å². The first kappa shape index (κ1) is 33.8. The molecule has 0 saturated carbocycles. The number of likely N-dealkylation sites (N-methyl/N-ethyl adjacent to an activating group) is 2. The maximum absolute atomic E-state index is 13.8. The normalized spacial score (nSPS) is 12.2.